The Balaban J connectivity index is 2.27. The standard InChI is InChI=1S/C19H21N/c1-14(15(2)17-10-6-5-7-11-17)16(3)18-12-8-9-13-19(18)20-4/h5-13,15,20H,1,3H2,2,4H3. The van der Waals surface area contributed by atoms with E-state index in [0.29, 0.717) is 0 Å². The summed E-state index contributed by atoms with van der Waals surface area (Å²) in [5.74, 6) is 0.258. The highest BCUT2D eigenvalue weighted by atomic mass is 14.8. The molecule has 20 heavy (non-hydrogen) atoms. The number of hydrogen-bond acceptors (Lipinski definition) is 1. The number of anilines is 1. The SMILES string of the molecule is C=C(C(=C)C(C)c1ccccc1)c1ccccc1NC. The first-order valence-electron chi connectivity index (χ1n) is 6.85. The average molecular weight is 263 g/mol. The van der Waals surface area contributed by atoms with Crippen LogP contribution in [0.15, 0.2) is 73.3 Å². The summed E-state index contributed by atoms with van der Waals surface area (Å²) >= 11 is 0. The Morgan fingerprint density at radius 1 is 0.950 bits per heavy atom. The van der Waals surface area contributed by atoms with Crippen molar-refractivity contribution < 1.29 is 0 Å². The van der Waals surface area contributed by atoms with Crippen LogP contribution in [-0.4, -0.2) is 7.05 Å². The highest BCUT2D eigenvalue weighted by Crippen LogP contribution is 2.34. The summed E-state index contributed by atoms with van der Waals surface area (Å²) in [5.41, 5.74) is 5.51. The second-order valence-electron chi connectivity index (χ2n) is 4.93. The topological polar surface area (TPSA) is 12.0 Å². The number of para-hydroxylation sites is 1. The van der Waals surface area contributed by atoms with Gasteiger partial charge >= 0.3 is 0 Å². The van der Waals surface area contributed by atoms with Crippen molar-refractivity contribution in [2.75, 3.05) is 12.4 Å². The summed E-state index contributed by atoms with van der Waals surface area (Å²) in [6.07, 6.45) is 0. The van der Waals surface area contributed by atoms with Crippen LogP contribution in [0.2, 0.25) is 0 Å². The summed E-state index contributed by atoms with van der Waals surface area (Å²) < 4.78 is 0. The molecule has 0 aromatic heterocycles. The Morgan fingerprint density at radius 3 is 2.20 bits per heavy atom. The molecule has 0 heterocycles. The minimum Gasteiger partial charge on any atom is -0.388 e. The molecule has 1 unspecified atom stereocenters. The van der Waals surface area contributed by atoms with Crippen LogP contribution in [0, 0.1) is 0 Å². The molecule has 1 nitrogen and oxygen atoms in total. The zero-order valence-electron chi connectivity index (χ0n) is 12.2. The van der Waals surface area contributed by atoms with E-state index in [1.54, 1.807) is 0 Å². The summed E-state index contributed by atoms with van der Waals surface area (Å²) in [5, 5.41) is 3.21. The Morgan fingerprint density at radius 2 is 1.55 bits per heavy atom. The predicted molar refractivity (Wildman–Crippen MR) is 89.0 cm³/mol. The highest BCUT2D eigenvalue weighted by molar-refractivity contribution is 5.84. The van der Waals surface area contributed by atoms with Crippen molar-refractivity contribution in [1.82, 2.24) is 0 Å². The van der Waals surface area contributed by atoms with Gasteiger partial charge in [-0.3, -0.25) is 0 Å². The van der Waals surface area contributed by atoms with Gasteiger partial charge in [0.2, 0.25) is 0 Å². The van der Waals surface area contributed by atoms with Crippen molar-refractivity contribution in [3.63, 3.8) is 0 Å². The van der Waals surface area contributed by atoms with Crippen LogP contribution >= 0.6 is 0 Å². The van der Waals surface area contributed by atoms with E-state index in [4.69, 9.17) is 0 Å². The maximum absolute atomic E-state index is 4.26. The number of benzene rings is 2. The van der Waals surface area contributed by atoms with E-state index in [9.17, 15) is 0 Å². The maximum Gasteiger partial charge on any atom is 0.0417 e. The monoisotopic (exact) mass is 263 g/mol. The summed E-state index contributed by atoms with van der Waals surface area (Å²) in [6, 6.07) is 18.6. The average Bonchev–Trinajstić information content (AvgIpc) is 2.53. The second kappa shape index (κ2) is 6.25. The van der Waals surface area contributed by atoms with E-state index in [-0.39, 0.29) is 5.92 Å². The molecule has 0 aliphatic rings. The lowest BCUT2D eigenvalue weighted by Crippen LogP contribution is -2.01. The molecule has 1 atom stereocenters. The largest absolute Gasteiger partial charge is 0.388 e. The first-order valence-corrected chi connectivity index (χ1v) is 6.85. The Labute approximate surface area is 121 Å². The first-order chi connectivity index (χ1) is 9.65. The van der Waals surface area contributed by atoms with Crippen molar-refractivity contribution in [3.8, 4) is 0 Å². The van der Waals surface area contributed by atoms with Gasteiger partial charge in [-0.05, 0) is 22.8 Å². The smallest absolute Gasteiger partial charge is 0.0417 e. The molecule has 1 N–H and O–H groups in total. The molecule has 2 aromatic rings. The van der Waals surface area contributed by atoms with Gasteiger partial charge in [0, 0.05) is 24.2 Å². The Bertz CT molecular complexity index is 611. The van der Waals surface area contributed by atoms with Crippen LogP contribution in [0.5, 0.6) is 0 Å². The minimum absolute atomic E-state index is 0.258. The molecule has 0 spiro atoms. The number of allylic oxidation sites excluding steroid dienone is 2. The third-order valence-corrected chi connectivity index (χ3v) is 3.73. The first kappa shape index (κ1) is 14.1. The summed E-state index contributed by atoms with van der Waals surface area (Å²) in [7, 11) is 1.93. The van der Waals surface area contributed by atoms with E-state index in [1.165, 1.54) is 5.56 Å². The molecule has 2 aromatic carbocycles. The van der Waals surface area contributed by atoms with Gasteiger partial charge in [-0.15, -0.1) is 0 Å². The maximum atomic E-state index is 4.26. The quantitative estimate of drug-likeness (QED) is 0.740. The Kier molecular flexibility index (Phi) is 4.41. The lowest BCUT2D eigenvalue weighted by atomic mass is 9.86. The van der Waals surface area contributed by atoms with Crippen LogP contribution in [-0.2, 0) is 0 Å². The fourth-order valence-electron chi connectivity index (χ4n) is 2.34. The molecule has 2 rings (SSSR count). The third kappa shape index (κ3) is 2.83. The molecule has 1 heteroatoms. The molecule has 0 amide bonds. The number of rotatable bonds is 5. The van der Waals surface area contributed by atoms with Crippen molar-refractivity contribution in [2.45, 2.75) is 12.8 Å². The zero-order valence-corrected chi connectivity index (χ0v) is 12.2. The van der Waals surface area contributed by atoms with Gasteiger partial charge in [-0.2, -0.15) is 0 Å². The van der Waals surface area contributed by atoms with Crippen molar-refractivity contribution in [3.05, 3.63) is 84.5 Å². The zero-order chi connectivity index (χ0) is 14.5. The van der Waals surface area contributed by atoms with Gasteiger partial charge < -0.3 is 5.32 Å². The lowest BCUT2D eigenvalue weighted by Gasteiger charge is -2.19. The summed E-state index contributed by atoms with van der Waals surface area (Å²) in [4.78, 5) is 0. The molecule has 0 saturated carbocycles. The van der Waals surface area contributed by atoms with Crippen LogP contribution in [0.25, 0.3) is 5.57 Å². The van der Waals surface area contributed by atoms with E-state index in [0.717, 1.165) is 22.4 Å². The van der Waals surface area contributed by atoms with Gasteiger partial charge in [0.05, 0.1) is 0 Å². The van der Waals surface area contributed by atoms with Gasteiger partial charge in [-0.1, -0.05) is 68.6 Å². The van der Waals surface area contributed by atoms with Crippen molar-refractivity contribution in [1.29, 1.82) is 0 Å². The van der Waals surface area contributed by atoms with Crippen molar-refractivity contribution in [2.24, 2.45) is 0 Å². The molecule has 102 valence electrons. The number of hydrogen-bond donors (Lipinski definition) is 1. The van der Waals surface area contributed by atoms with E-state index in [1.807, 2.05) is 25.2 Å². The molecule has 0 radical (unpaired) electrons. The lowest BCUT2D eigenvalue weighted by molar-refractivity contribution is 0.932. The summed E-state index contributed by atoms with van der Waals surface area (Å²) in [6.45, 7) is 10.7. The van der Waals surface area contributed by atoms with Gasteiger partial charge in [-0.25, -0.2) is 0 Å². The van der Waals surface area contributed by atoms with E-state index in [2.05, 4.69) is 61.8 Å². The molecule has 0 bridgehead atoms. The molecule has 0 aliphatic heterocycles. The molecule has 0 aliphatic carbocycles. The van der Waals surface area contributed by atoms with Gasteiger partial charge in [0.25, 0.3) is 0 Å². The Hall–Kier alpha value is -2.28. The predicted octanol–water partition coefficient (Wildman–Crippen LogP) is 5.10. The van der Waals surface area contributed by atoms with Crippen LogP contribution in [0.3, 0.4) is 0 Å². The molecular weight excluding hydrogens is 242 g/mol. The number of nitrogens with one attached hydrogen (secondary N) is 1. The molecular formula is C19H21N. The van der Waals surface area contributed by atoms with E-state index >= 15 is 0 Å². The third-order valence-electron chi connectivity index (χ3n) is 3.73. The van der Waals surface area contributed by atoms with Gasteiger partial charge in [0.15, 0.2) is 0 Å². The second-order valence-corrected chi connectivity index (χ2v) is 4.93. The van der Waals surface area contributed by atoms with Crippen LogP contribution < -0.4 is 5.32 Å². The van der Waals surface area contributed by atoms with Crippen molar-refractivity contribution >= 4 is 11.3 Å². The van der Waals surface area contributed by atoms with E-state index < -0.39 is 0 Å². The molecule has 0 fully saturated rings. The fourth-order valence-corrected chi connectivity index (χ4v) is 2.34. The highest BCUT2D eigenvalue weighted by Gasteiger charge is 2.14. The van der Waals surface area contributed by atoms with Gasteiger partial charge in [0.1, 0.15) is 0 Å². The normalized spacial score (nSPS) is 11.7. The fraction of sp³-hybridized carbons (Fsp3) is 0.158. The van der Waals surface area contributed by atoms with Crippen LogP contribution in [0.1, 0.15) is 24.0 Å². The minimum atomic E-state index is 0.258. The molecule has 0 saturated heterocycles. The van der Waals surface area contributed by atoms with Crippen LogP contribution in [0.4, 0.5) is 5.69 Å².